The summed E-state index contributed by atoms with van der Waals surface area (Å²) < 4.78 is 17.8. The largest absolute Gasteiger partial charge is 0.469 e. The number of hydrogen-bond donors (Lipinski definition) is 0. The molecule has 0 saturated carbocycles. The number of carbonyl (C=O) groups is 1. The van der Waals surface area contributed by atoms with E-state index in [1.165, 1.54) is 7.11 Å². The van der Waals surface area contributed by atoms with Gasteiger partial charge in [-0.1, -0.05) is 44.3 Å². The first-order valence-corrected chi connectivity index (χ1v) is 12.6. The second kappa shape index (κ2) is 8.06. The van der Waals surface area contributed by atoms with Crippen molar-refractivity contribution in [3.8, 4) is 0 Å². The SMILES string of the molecule is COC(=O)[C@H](C)C[C@H](C[Si](C)(C)C)S(=O)c1ccc(C)cc1. The molecule has 0 heterocycles. The van der Waals surface area contributed by atoms with Crippen LogP contribution in [-0.2, 0) is 20.3 Å². The summed E-state index contributed by atoms with van der Waals surface area (Å²) in [6, 6.07) is 8.79. The molecule has 1 unspecified atom stereocenters. The Balaban J connectivity index is 2.96. The normalized spacial score (nSPS) is 15.9. The van der Waals surface area contributed by atoms with Gasteiger partial charge in [0.05, 0.1) is 23.8 Å². The smallest absolute Gasteiger partial charge is 0.308 e. The number of methoxy groups -OCH3 is 1. The van der Waals surface area contributed by atoms with Crippen molar-refractivity contribution in [2.24, 2.45) is 5.92 Å². The quantitative estimate of drug-likeness (QED) is 0.556. The average molecular weight is 341 g/mol. The molecule has 1 aromatic rings. The molecule has 3 nitrogen and oxygen atoms in total. The summed E-state index contributed by atoms with van der Waals surface area (Å²) in [5, 5.41) is 0.00322. The minimum Gasteiger partial charge on any atom is -0.469 e. The molecule has 0 aromatic heterocycles. The first-order valence-electron chi connectivity index (χ1n) is 7.69. The van der Waals surface area contributed by atoms with Gasteiger partial charge in [-0.3, -0.25) is 9.00 Å². The Labute approximate surface area is 137 Å². The van der Waals surface area contributed by atoms with Crippen LogP contribution in [0, 0.1) is 12.8 Å². The lowest BCUT2D eigenvalue weighted by molar-refractivity contribution is -0.145. The highest BCUT2D eigenvalue weighted by molar-refractivity contribution is 7.85. The summed E-state index contributed by atoms with van der Waals surface area (Å²) in [5.41, 5.74) is 1.16. The van der Waals surface area contributed by atoms with Gasteiger partial charge < -0.3 is 4.74 Å². The van der Waals surface area contributed by atoms with Crippen LogP contribution in [0.5, 0.6) is 0 Å². The minimum atomic E-state index is -1.38. The second-order valence-electron chi connectivity index (χ2n) is 7.16. The van der Waals surface area contributed by atoms with Crippen molar-refractivity contribution in [2.75, 3.05) is 7.11 Å². The van der Waals surface area contributed by atoms with Gasteiger partial charge in [-0.15, -0.1) is 0 Å². The van der Waals surface area contributed by atoms with E-state index in [9.17, 15) is 9.00 Å². The van der Waals surface area contributed by atoms with E-state index in [0.717, 1.165) is 16.5 Å². The molecule has 1 aromatic carbocycles. The first kappa shape index (κ1) is 19.1. The summed E-state index contributed by atoms with van der Waals surface area (Å²) in [7, 11) is -1.07. The molecule has 0 fully saturated rings. The molecule has 0 aliphatic heterocycles. The molecule has 0 bridgehead atoms. The number of aryl methyl sites for hydroxylation is 1. The third-order valence-corrected chi connectivity index (χ3v) is 7.33. The summed E-state index contributed by atoms with van der Waals surface area (Å²) in [5.74, 6) is -0.442. The van der Waals surface area contributed by atoms with Gasteiger partial charge in [0.25, 0.3) is 0 Å². The molecule has 22 heavy (non-hydrogen) atoms. The van der Waals surface area contributed by atoms with Gasteiger partial charge in [0.15, 0.2) is 0 Å². The van der Waals surface area contributed by atoms with Gasteiger partial charge in [0.1, 0.15) is 0 Å². The van der Waals surface area contributed by atoms with Crippen LogP contribution in [0.4, 0.5) is 0 Å². The summed E-state index contributed by atoms with van der Waals surface area (Å²) in [6.45, 7) is 10.7. The number of hydrogen-bond acceptors (Lipinski definition) is 3. The van der Waals surface area contributed by atoms with E-state index in [-0.39, 0.29) is 17.1 Å². The predicted octanol–water partition coefficient (Wildman–Crippen LogP) is 4.01. The molecule has 0 radical (unpaired) electrons. The topological polar surface area (TPSA) is 43.4 Å². The molecule has 0 aliphatic carbocycles. The fraction of sp³-hybridized carbons (Fsp3) is 0.588. The van der Waals surface area contributed by atoms with Gasteiger partial charge in [-0.05, 0) is 31.5 Å². The van der Waals surface area contributed by atoms with Crippen molar-refractivity contribution in [3.05, 3.63) is 29.8 Å². The van der Waals surface area contributed by atoms with E-state index < -0.39 is 18.9 Å². The van der Waals surface area contributed by atoms with Gasteiger partial charge in [-0.2, -0.15) is 0 Å². The van der Waals surface area contributed by atoms with Crippen molar-refractivity contribution in [1.29, 1.82) is 0 Å². The Hall–Kier alpha value is -0.943. The Kier molecular flexibility index (Phi) is 7.00. The fourth-order valence-corrected chi connectivity index (χ4v) is 7.38. The predicted molar refractivity (Wildman–Crippen MR) is 95.3 cm³/mol. The van der Waals surface area contributed by atoms with Gasteiger partial charge in [0.2, 0.25) is 0 Å². The highest BCUT2D eigenvalue weighted by Crippen LogP contribution is 2.26. The van der Waals surface area contributed by atoms with E-state index in [1.807, 2.05) is 38.1 Å². The van der Waals surface area contributed by atoms with Crippen molar-refractivity contribution in [3.63, 3.8) is 0 Å². The second-order valence-corrected chi connectivity index (χ2v) is 14.4. The zero-order chi connectivity index (χ0) is 16.9. The zero-order valence-electron chi connectivity index (χ0n) is 14.5. The van der Waals surface area contributed by atoms with Crippen LogP contribution in [0.3, 0.4) is 0 Å². The first-order chi connectivity index (χ1) is 10.1. The highest BCUT2D eigenvalue weighted by Gasteiger charge is 2.29. The number of rotatable bonds is 7. The summed E-state index contributed by atoms with van der Waals surface area (Å²) in [4.78, 5) is 12.6. The molecule has 0 saturated heterocycles. The molecule has 0 aliphatic rings. The molecular formula is C17H28O3SSi. The van der Waals surface area contributed by atoms with Crippen LogP contribution in [0.1, 0.15) is 18.9 Å². The Bertz CT molecular complexity index is 520. The number of ether oxygens (including phenoxy) is 1. The van der Waals surface area contributed by atoms with Crippen molar-refractivity contribution < 1.29 is 13.7 Å². The Morgan fingerprint density at radius 1 is 1.23 bits per heavy atom. The van der Waals surface area contributed by atoms with Crippen LogP contribution < -0.4 is 0 Å². The molecular weight excluding hydrogens is 312 g/mol. The van der Waals surface area contributed by atoms with Gasteiger partial charge >= 0.3 is 5.97 Å². The van der Waals surface area contributed by atoms with E-state index in [0.29, 0.717) is 6.42 Å². The molecule has 124 valence electrons. The van der Waals surface area contributed by atoms with Crippen LogP contribution in [-0.4, -0.2) is 30.6 Å². The summed E-state index contributed by atoms with van der Waals surface area (Å²) >= 11 is 0. The van der Waals surface area contributed by atoms with E-state index in [2.05, 4.69) is 19.6 Å². The lowest BCUT2D eigenvalue weighted by Crippen LogP contribution is -2.32. The molecule has 0 spiro atoms. The maximum absolute atomic E-state index is 13.0. The minimum absolute atomic E-state index is 0.00322. The van der Waals surface area contributed by atoms with Crippen molar-refractivity contribution in [1.82, 2.24) is 0 Å². The average Bonchev–Trinajstić information content (AvgIpc) is 2.44. The van der Waals surface area contributed by atoms with E-state index in [4.69, 9.17) is 4.74 Å². The zero-order valence-corrected chi connectivity index (χ0v) is 16.3. The van der Waals surface area contributed by atoms with Crippen molar-refractivity contribution in [2.45, 2.75) is 56.1 Å². The Morgan fingerprint density at radius 3 is 2.23 bits per heavy atom. The van der Waals surface area contributed by atoms with E-state index in [1.54, 1.807) is 0 Å². The monoisotopic (exact) mass is 340 g/mol. The fourth-order valence-electron chi connectivity index (χ4n) is 2.49. The molecule has 0 amide bonds. The van der Waals surface area contributed by atoms with Gasteiger partial charge in [-0.25, -0.2) is 0 Å². The van der Waals surface area contributed by atoms with Gasteiger partial charge in [0, 0.05) is 18.2 Å². The van der Waals surface area contributed by atoms with Crippen molar-refractivity contribution >= 4 is 24.8 Å². The lowest BCUT2D eigenvalue weighted by atomic mass is 10.1. The lowest BCUT2D eigenvalue weighted by Gasteiger charge is -2.26. The highest BCUT2D eigenvalue weighted by atomic mass is 32.2. The van der Waals surface area contributed by atoms with E-state index >= 15 is 0 Å². The Morgan fingerprint density at radius 2 is 1.77 bits per heavy atom. The number of esters is 1. The number of benzene rings is 1. The van der Waals surface area contributed by atoms with Crippen LogP contribution >= 0.6 is 0 Å². The third kappa shape index (κ3) is 6.05. The third-order valence-electron chi connectivity index (χ3n) is 3.62. The maximum atomic E-state index is 13.0. The molecule has 1 rings (SSSR count). The summed E-state index contributed by atoms with van der Waals surface area (Å²) in [6.07, 6.45) is 0.609. The van der Waals surface area contributed by atoms with Crippen LogP contribution in [0.2, 0.25) is 25.7 Å². The van der Waals surface area contributed by atoms with Crippen LogP contribution in [0.25, 0.3) is 0 Å². The number of carbonyl (C=O) groups excluding carboxylic acids is 1. The molecule has 0 N–H and O–H groups in total. The van der Waals surface area contributed by atoms with Crippen LogP contribution in [0.15, 0.2) is 29.2 Å². The maximum Gasteiger partial charge on any atom is 0.308 e. The standard InChI is InChI=1S/C17H28O3SSi/c1-13-7-9-15(10-8-13)21(19)16(12-22(4,5)6)11-14(2)17(18)20-3/h7-10,14,16H,11-12H2,1-6H3/t14-,16-,21?/m1/s1. The molecule has 3 atom stereocenters. The molecule has 5 heteroatoms.